The number of hydrogen-bond donors (Lipinski definition) is 6. The summed E-state index contributed by atoms with van der Waals surface area (Å²) in [5.41, 5.74) is 0. The summed E-state index contributed by atoms with van der Waals surface area (Å²) in [6.07, 6.45) is 32.6. The number of hydrogen-bond acceptors (Lipinski definition) is 13. The minimum absolute atomic E-state index is 0.0521. The van der Waals surface area contributed by atoms with Crippen molar-refractivity contribution in [3.8, 4) is 0 Å². The first kappa shape index (κ1) is 57.4. The minimum Gasteiger partial charge on any atom is -0.462 e. The largest absolute Gasteiger partial charge is 0.472 e. The highest BCUT2D eigenvalue weighted by molar-refractivity contribution is 7.47. The van der Waals surface area contributed by atoms with E-state index in [1.807, 2.05) is 12.2 Å². The molecule has 0 aromatic carbocycles. The van der Waals surface area contributed by atoms with Crippen LogP contribution in [0.5, 0.6) is 0 Å². The maximum atomic E-state index is 12.8. The lowest BCUT2D eigenvalue weighted by atomic mass is 9.85. The minimum atomic E-state index is -5.15. The first-order valence-electron chi connectivity index (χ1n) is 23.9. The molecule has 15 heteroatoms. The predicted octanol–water partition coefficient (Wildman–Crippen LogP) is 8.49. The van der Waals surface area contributed by atoms with Crippen molar-refractivity contribution in [2.45, 2.75) is 210 Å². The van der Waals surface area contributed by atoms with E-state index in [0.29, 0.717) is 19.3 Å². The Morgan fingerprint density at radius 3 is 1.55 bits per heavy atom. The molecule has 0 aromatic rings. The summed E-state index contributed by atoms with van der Waals surface area (Å²) in [5, 5.41) is 50.2. The van der Waals surface area contributed by atoms with Gasteiger partial charge in [0, 0.05) is 12.8 Å². The molecule has 2 fully saturated rings. The molecule has 1 aliphatic carbocycles. The lowest BCUT2D eigenvalue weighted by molar-refractivity contribution is -0.220. The topological polar surface area (TPSA) is 222 Å². The Hall–Kier alpha value is -2.75. The van der Waals surface area contributed by atoms with Gasteiger partial charge in [0.1, 0.15) is 43.2 Å². The molecule has 10 atom stereocenters. The SMILES string of the molecule is CCCCC/C=C\C/C=C\C/C=C\CCCCCCC(=O)O[C@H](COC(=O)CCC/C=C\CC1OC1C/C=C\C/C=C\CCCCC)COP(=O)(O)OC1[C@H](O)[C@H](O)C(O)[C@H](O)[C@H]1O. The molecular weight excluding hydrogens is 843 g/mol. The van der Waals surface area contributed by atoms with Crippen LogP contribution in [0.15, 0.2) is 72.9 Å². The van der Waals surface area contributed by atoms with E-state index in [1.54, 1.807) is 0 Å². The summed E-state index contributed by atoms with van der Waals surface area (Å²) in [7, 11) is -5.15. The highest BCUT2D eigenvalue weighted by Crippen LogP contribution is 2.47. The van der Waals surface area contributed by atoms with Crippen molar-refractivity contribution in [2.75, 3.05) is 13.2 Å². The summed E-state index contributed by atoms with van der Waals surface area (Å²) < 4.78 is 39.3. The summed E-state index contributed by atoms with van der Waals surface area (Å²) >= 11 is 0. The van der Waals surface area contributed by atoms with Crippen molar-refractivity contribution >= 4 is 19.8 Å². The fourth-order valence-electron chi connectivity index (χ4n) is 6.91. The van der Waals surface area contributed by atoms with Crippen LogP contribution >= 0.6 is 7.82 Å². The smallest absolute Gasteiger partial charge is 0.462 e. The van der Waals surface area contributed by atoms with E-state index in [0.717, 1.165) is 70.6 Å². The molecule has 366 valence electrons. The van der Waals surface area contributed by atoms with Crippen molar-refractivity contribution in [3.63, 3.8) is 0 Å². The van der Waals surface area contributed by atoms with Gasteiger partial charge in [-0.3, -0.25) is 18.6 Å². The number of phosphoric ester groups is 1. The number of rotatable bonds is 37. The van der Waals surface area contributed by atoms with Gasteiger partial charge in [0.25, 0.3) is 0 Å². The van der Waals surface area contributed by atoms with Gasteiger partial charge in [-0.15, -0.1) is 0 Å². The number of ether oxygens (including phenoxy) is 3. The van der Waals surface area contributed by atoms with Crippen LogP contribution in [0.25, 0.3) is 0 Å². The lowest BCUT2D eigenvalue weighted by Crippen LogP contribution is -2.64. The first-order valence-corrected chi connectivity index (χ1v) is 25.4. The third-order valence-corrected chi connectivity index (χ3v) is 11.9. The summed E-state index contributed by atoms with van der Waals surface area (Å²) in [6.45, 7) is 3.16. The molecule has 0 radical (unpaired) electrons. The molecule has 1 saturated carbocycles. The maximum absolute atomic E-state index is 12.8. The molecule has 2 aliphatic rings. The molecular formula is C49H81O14P. The molecule has 5 unspecified atom stereocenters. The second-order valence-electron chi connectivity index (χ2n) is 16.6. The number of esters is 2. The number of aliphatic hydroxyl groups is 5. The highest BCUT2D eigenvalue weighted by atomic mass is 31.2. The second kappa shape index (κ2) is 35.4. The van der Waals surface area contributed by atoms with Crippen LogP contribution < -0.4 is 0 Å². The van der Waals surface area contributed by atoms with Gasteiger partial charge in [0.15, 0.2) is 6.10 Å². The van der Waals surface area contributed by atoms with Crippen LogP contribution in [0.2, 0.25) is 0 Å². The normalized spacial score (nSPS) is 25.4. The lowest BCUT2D eigenvalue weighted by Gasteiger charge is -2.41. The summed E-state index contributed by atoms with van der Waals surface area (Å²) in [4.78, 5) is 35.8. The van der Waals surface area contributed by atoms with Crippen LogP contribution in [-0.4, -0.2) is 111 Å². The van der Waals surface area contributed by atoms with Gasteiger partial charge in [-0.05, 0) is 89.9 Å². The van der Waals surface area contributed by atoms with Crippen LogP contribution in [-0.2, 0) is 37.4 Å². The van der Waals surface area contributed by atoms with E-state index in [-0.39, 0.29) is 25.0 Å². The van der Waals surface area contributed by atoms with Crippen LogP contribution in [0, 0.1) is 0 Å². The number of allylic oxidation sites excluding steroid dienone is 10. The summed E-state index contributed by atoms with van der Waals surface area (Å²) in [5.74, 6) is -1.20. The monoisotopic (exact) mass is 925 g/mol. The Labute approximate surface area is 382 Å². The average Bonchev–Trinajstić information content (AvgIpc) is 4.04. The molecule has 6 N–H and O–H groups in total. The van der Waals surface area contributed by atoms with Crippen LogP contribution in [0.1, 0.15) is 155 Å². The number of carbonyl (C=O) groups excluding carboxylic acids is 2. The summed E-state index contributed by atoms with van der Waals surface area (Å²) in [6, 6.07) is 0. The maximum Gasteiger partial charge on any atom is 0.472 e. The Bertz CT molecular complexity index is 1460. The Balaban J connectivity index is 1.74. The van der Waals surface area contributed by atoms with E-state index in [1.165, 1.54) is 38.5 Å². The second-order valence-corrected chi connectivity index (χ2v) is 18.0. The standard InChI is InChI=1S/C49H81O14P/c1-3-5-7-9-11-13-14-15-16-17-18-19-20-22-24-26-32-36-43(51)61-39(38-60-64(57,58)63-49-47(55)45(53)44(52)46(54)48(49)56)37-59-42(50)35-31-28-27-30-34-41-40(62-41)33-29-25-23-21-12-10-8-6-4-2/h11-13,15-16,18-19,21,25,27,29-30,39-41,44-49,52-56H,3-10,14,17,20,22-24,26,28,31-38H2,1-2H3,(H,57,58)/b13-11-,16-15-,19-18-,21-12-,29-25-,30-27-/t39-,40?,41?,44?,45-,46+,47-,48-,49?/m1/s1. The number of phosphoric acid groups is 1. The van der Waals surface area contributed by atoms with Crippen molar-refractivity contribution in [1.82, 2.24) is 0 Å². The zero-order valence-corrected chi connectivity index (χ0v) is 39.4. The number of aliphatic hydroxyl groups excluding tert-OH is 5. The van der Waals surface area contributed by atoms with Gasteiger partial charge in [-0.25, -0.2) is 4.57 Å². The Morgan fingerprint density at radius 2 is 0.984 bits per heavy atom. The van der Waals surface area contributed by atoms with Gasteiger partial charge in [-0.1, -0.05) is 125 Å². The van der Waals surface area contributed by atoms with Crippen LogP contribution in [0.3, 0.4) is 0 Å². The van der Waals surface area contributed by atoms with E-state index < -0.39 is 75.7 Å². The molecule has 1 aliphatic heterocycles. The van der Waals surface area contributed by atoms with E-state index in [4.69, 9.17) is 23.3 Å². The van der Waals surface area contributed by atoms with E-state index >= 15 is 0 Å². The average molecular weight is 925 g/mol. The van der Waals surface area contributed by atoms with Gasteiger partial charge >= 0.3 is 19.8 Å². The van der Waals surface area contributed by atoms with Crippen molar-refractivity contribution < 1.29 is 67.8 Å². The number of epoxide rings is 1. The fraction of sp³-hybridized carbons (Fsp3) is 0.714. The van der Waals surface area contributed by atoms with Gasteiger partial charge in [0.2, 0.25) is 0 Å². The molecule has 1 heterocycles. The third-order valence-electron chi connectivity index (χ3n) is 10.9. The van der Waals surface area contributed by atoms with Gasteiger partial charge in [0.05, 0.1) is 18.8 Å². The van der Waals surface area contributed by atoms with Crippen molar-refractivity contribution in [3.05, 3.63) is 72.9 Å². The molecule has 2 rings (SSSR count). The molecule has 0 aromatic heterocycles. The predicted molar refractivity (Wildman–Crippen MR) is 248 cm³/mol. The Kier molecular flexibility index (Phi) is 31.8. The van der Waals surface area contributed by atoms with Gasteiger partial charge in [-0.2, -0.15) is 0 Å². The van der Waals surface area contributed by atoms with Gasteiger partial charge < -0.3 is 44.6 Å². The molecule has 64 heavy (non-hydrogen) atoms. The first-order chi connectivity index (χ1) is 30.9. The molecule has 1 saturated heterocycles. The highest BCUT2D eigenvalue weighted by Gasteiger charge is 2.51. The molecule has 14 nitrogen and oxygen atoms in total. The molecule has 0 amide bonds. The fourth-order valence-corrected chi connectivity index (χ4v) is 7.89. The third kappa shape index (κ3) is 27.0. The zero-order valence-electron chi connectivity index (χ0n) is 38.5. The number of unbranched alkanes of at least 4 members (excludes halogenated alkanes) is 11. The van der Waals surface area contributed by atoms with Crippen molar-refractivity contribution in [2.24, 2.45) is 0 Å². The molecule has 0 spiro atoms. The van der Waals surface area contributed by atoms with E-state index in [2.05, 4.69) is 74.6 Å². The molecule has 0 bridgehead atoms. The number of carbonyl (C=O) groups is 2. The Morgan fingerprint density at radius 1 is 0.547 bits per heavy atom. The quantitative estimate of drug-likeness (QED) is 0.0113. The van der Waals surface area contributed by atoms with Crippen LogP contribution in [0.4, 0.5) is 0 Å². The van der Waals surface area contributed by atoms with E-state index in [9.17, 15) is 44.6 Å². The zero-order chi connectivity index (χ0) is 46.8. The van der Waals surface area contributed by atoms with Crippen molar-refractivity contribution in [1.29, 1.82) is 0 Å².